The van der Waals surface area contributed by atoms with Crippen LogP contribution in [0.25, 0.3) is 32.7 Å². The molecule has 0 bridgehead atoms. The molecule has 0 unspecified atom stereocenters. The smallest absolute Gasteiger partial charge is 0.0459 e. The first-order valence-electron chi connectivity index (χ1n) is 10.6. The first-order valence-corrected chi connectivity index (χ1v) is 10.6. The molecule has 0 atom stereocenters. The Bertz CT molecular complexity index is 1380. The second kappa shape index (κ2) is 5.90. The van der Waals surface area contributed by atoms with E-state index in [1.807, 2.05) is 0 Å². The van der Waals surface area contributed by atoms with Crippen molar-refractivity contribution in [3.63, 3.8) is 0 Å². The van der Waals surface area contributed by atoms with E-state index in [4.69, 9.17) is 0 Å². The average Bonchev–Trinajstić information content (AvgIpc) is 3.42. The Labute approximate surface area is 173 Å². The van der Waals surface area contributed by atoms with E-state index in [0.717, 1.165) is 19.3 Å². The zero-order valence-electron chi connectivity index (χ0n) is 16.5. The highest BCUT2D eigenvalue weighted by atomic mass is 15.0. The van der Waals surface area contributed by atoms with Crippen molar-refractivity contribution in [3.05, 3.63) is 107 Å². The second-order valence-electron chi connectivity index (χ2n) is 8.41. The van der Waals surface area contributed by atoms with Crippen molar-refractivity contribution in [1.82, 2.24) is 15.0 Å². The van der Waals surface area contributed by atoms with Gasteiger partial charge < -0.3 is 15.0 Å². The van der Waals surface area contributed by atoms with Gasteiger partial charge >= 0.3 is 0 Å². The molecule has 3 heteroatoms. The SMILES string of the molecule is c1ccc2c3[13c]([nH]c2c1)Cc1c2ccccc2[nH][13c]1Cc1c2ccccc2[nH][13c]1C3. The van der Waals surface area contributed by atoms with Crippen LogP contribution in [-0.2, 0) is 19.3 Å². The highest BCUT2D eigenvalue weighted by molar-refractivity contribution is 5.90. The van der Waals surface area contributed by atoms with Crippen molar-refractivity contribution in [2.75, 3.05) is 0 Å². The molecule has 3 aromatic carbocycles. The Balaban J connectivity index is 1.59. The number of hydrogen-bond acceptors (Lipinski definition) is 0. The van der Waals surface area contributed by atoms with E-state index < -0.39 is 0 Å². The molecule has 1 aliphatic carbocycles. The molecule has 144 valence electrons. The lowest BCUT2D eigenvalue weighted by atomic mass is 10.1. The third kappa shape index (κ3) is 2.20. The van der Waals surface area contributed by atoms with Gasteiger partial charge in [0, 0.05) is 69.1 Å². The number of para-hydroxylation sites is 3. The summed E-state index contributed by atoms with van der Waals surface area (Å²) >= 11 is 0. The predicted octanol–water partition coefficient (Wildman–Crippen LogP) is 6.22. The summed E-state index contributed by atoms with van der Waals surface area (Å²) in [4.78, 5) is 11.2. The van der Waals surface area contributed by atoms with Gasteiger partial charge in [0.15, 0.2) is 0 Å². The van der Waals surface area contributed by atoms with Crippen LogP contribution in [-0.4, -0.2) is 15.0 Å². The maximum absolute atomic E-state index is 3.74. The third-order valence-corrected chi connectivity index (χ3v) is 6.77. The van der Waals surface area contributed by atoms with Crippen molar-refractivity contribution in [3.8, 4) is 0 Å². The molecule has 0 radical (unpaired) electrons. The number of benzene rings is 3. The Morgan fingerprint density at radius 1 is 0.400 bits per heavy atom. The van der Waals surface area contributed by atoms with E-state index in [1.54, 1.807) is 0 Å². The number of aromatic amines is 3. The van der Waals surface area contributed by atoms with Crippen LogP contribution in [0.15, 0.2) is 72.8 Å². The molecular formula is C27H21N3. The minimum atomic E-state index is 0.922. The molecule has 0 aliphatic heterocycles. The Morgan fingerprint density at radius 2 is 0.700 bits per heavy atom. The first-order chi connectivity index (χ1) is 14.8. The van der Waals surface area contributed by atoms with Crippen LogP contribution in [0.1, 0.15) is 33.8 Å². The van der Waals surface area contributed by atoms with Crippen molar-refractivity contribution in [1.29, 1.82) is 0 Å². The fraction of sp³-hybridized carbons (Fsp3) is 0.111. The van der Waals surface area contributed by atoms with Gasteiger partial charge in [-0.25, -0.2) is 0 Å². The monoisotopic (exact) mass is 390 g/mol. The van der Waals surface area contributed by atoms with Crippen LogP contribution in [0, 0.1) is 0 Å². The Hall–Kier alpha value is -3.72. The summed E-state index contributed by atoms with van der Waals surface area (Å²) in [5, 5.41) is 4.00. The van der Waals surface area contributed by atoms with Crippen LogP contribution < -0.4 is 0 Å². The van der Waals surface area contributed by atoms with Crippen molar-refractivity contribution < 1.29 is 0 Å². The summed E-state index contributed by atoms with van der Waals surface area (Å²) in [6.45, 7) is 0. The van der Waals surface area contributed by atoms with Gasteiger partial charge in [-0.15, -0.1) is 0 Å². The molecule has 0 saturated heterocycles. The minimum Gasteiger partial charge on any atom is -0.358 e. The number of hydrogen-bond donors (Lipinski definition) is 3. The predicted molar refractivity (Wildman–Crippen MR) is 123 cm³/mol. The number of aromatic nitrogens is 3. The lowest BCUT2D eigenvalue weighted by Gasteiger charge is -2.04. The molecule has 0 amide bonds. The second-order valence-corrected chi connectivity index (χ2v) is 8.41. The maximum Gasteiger partial charge on any atom is 0.0459 e. The average molecular weight is 390 g/mol. The topological polar surface area (TPSA) is 47.4 Å². The zero-order valence-corrected chi connectivity index (χ0v) is 16.5. The summed E-state index contributed by atoms with van der Waals surface area (Å²) in [7, 11) is 0. The van der Waals surface area contributed by atoms with Crippen LogP contribution in [0.5, 0.6) is 0 Å². The molecular weight excluding hydrogens is 369 g/mol. The number of fused-ring (bicyclic) bond motifs is 9. The van der Waals surface area contributed by atoms with Gasteiger partial charge in [0.1, 0.15) is 0 Å². The molecule has 1 aliphatic rings. The van der Waals surface area contributed by atoms with E-state index >= 15 is 0 Å². The van der Waals surface area contributed by atoms with Crippen molar-refractivity contribution >= 4 is 32.7 Å². The van der Waals surface area contributed by atoms with E-state index in [0.29, 0.717) is 0 Å². The molecule has 3 nitrogen and oxygen atoms in total. The molecule has 3 heterocycles. The highest BCUT2D eigenvalue weighted by Gasteiger charge is 2.23. The molecule has 6 aromatic rings. The van der Waals surface area contributed by atoms with Gasteiger partial charge in [0.2, 0.25) is 0 Å². The maximum atomic E-state index is 3.74. The van der Waals surface area contributed by atoms with Gasteiger partial charge in [-0.1, -0.05) is 54.6 Å². The van der Waals surface area contributed by atoms with Crippen LogP contribution in [0.4, 0.5) is 0 Å². The normalized spacial score (nSPS) is 13.6. The zero-order chi connectivity index (χ0) is 19.7. The first kappa shape index (κ1) is 16.1. The van der Waals surface area contributed by atoms with Crippen molar-refractivity contribution in [2.45, 2.75) is 19.3 Å². The number of H-pyrrole nitrogens is 3. The molecule has 3 N–H and O–H groups in total. The van der Waals surface area contributed by atoms with Crippen LogP contribution in [0.3, 0.4) is 0 Å². The van der Waals surface area contributed by atoms with Gasteiger partial charge in [-0.2, -0.15) is 0 Å². The number of nitrogens with one attached hydrogen (secondary N) is 3. The van der Waals surface area contributed by atoms with E-state index in [1.165, 1.54) is 66.5 Å². The Kier molecular flexibility index (Phi) is 3.17. The fourth-order valence-electron chi connectivity index (χ4n) is 5.36. The molecule has 3 aromatic heterocycles. The largest absolute Gasteiger partial charge is 0.358 e. The van der Waals surface area contributed by atoms with Gasteiger partial charge in [-0.05, 0) is 34.9 Å². The summed E-state index contributed by atoms with van der Waals surface area (Å²) in [6, 6.07) is 26.1. The van der Waals surface area contributed by atoms with Gasteiger partial charge in [0.25, 0.3) is 0 Å². The molecule has 0 saturated carbocycles. The molecule has 0 spiro atoms. The van der Waals surface area contributed by atoms with Crippen LogP contribution in [0.2, 0.25) is 0 Å². The highest BCUT2D eigenvalue weighted by Crippen LogP contribution is 2.36. The molecule has 30 heavy (non-hydrogen) atoms. The quantitative estimate of drug-likeness (QED) is 0.275. The van der Waals surface area contributed by atoms with E-state index in [2.05, 4.69) is 87.7 Å². The third-order valence-electron chi connectivity index (χ3n) is 6.77. The molecule has 7 rings (SSSR count). The summed E-state index contributed by atoms with van der Waals surface area (Å²) in [6.07, 6.45) is 2.77. The summed E-state index contributed by atoms with van der Waals surface area (Å²) in [5.74, 6) is 0. The summed E-state index contributed by atoms with van der Waals surface area (Å²) in [5.41, 5.74) is 11.9. The van der Waals surface area contributed by atoms with Gasteiger partial charge in [0.05, 0.1) is 0 Å². The Morgan fingerprint density at radius 3 is 1.03 bits per heavy atom. The van der Waals surface area contributed by atoms with Crippen LogP contribution >= 0.6 is 0 Å². The van der Waals surface area contributed by atoms with E-state index in [9.17, 15) is 0 Å². The van der Waals surface area contributed by atoms with Crippen molar-refractivity contribution in [2.24, 2.45) is 0 Å². The lowest BCUT2D eigenvalue weighted by molar-refractivity contribution is 1.05. The minimum absolute atomic E-state index is 0.922. The summed E-state index contributed by atoms with van der Waals surface area (Å²) < 4.78 is 0. The molecule has 0 fully saturated rings. The van der Waals surface area contributed by atoms with E-state index in [-0.39, 0.29) is 0 Å². The lowest BCUT2D eigenvalue weighted by Crippen LogP contribution is -1.96. The standard InChI is InChI=1S/C27H21N3/c1-4-10-22-16(7-1)19-13-26-21(18-9-3-5-11-23(18)29-26)15-27-20(14-25(19)28-22)17-8-2-6-12-24(17)30-27/h1-12,28-30H,13-15H2/i25+1,26+1,27+1. The van der Waals surface area contributed by atoms with Gasteiger partial charge in [-0.3, -0.25) is 0 Å². The fourth-order valence-corrected chi connectivity index (χ4v) is 5.36. The number of rotatable bonds is 0.